The minimum absolute atomic E-state index is 0.0362. The van der Waals surface area contributed by atoms with E-state index in [2.05, 4.69) is 5.10 Å². The minimum Gasteiger partial charge on any atom is -0.480 e. The molecule has 4 rings (SSSR count). The predicted molar refractivity (Wildman–Crippen MR) is 56.4 cm³/mol. The third-order valence-electron chi connectivity index (χ3n) is 4.12. The van der Waals surface area contributed by atoms with Crippen LogP contribution in [0.4, 0.5) is 0 Å². The summed E-state index contributed by atoms with van der Waals surface area (Å²) in [6.07, 6.45) is 4.86. The van der Waals surface area contributed by atoms with Crippen molar-refractivity contribution in [3.05, 3.63) is 17.0 Å². The molecule has 1 heterocycles. The van der Waals surface area contributed by atoms with Gasteiger partial charge >= 0.3 is 5.97 Å². The summed E-state index contributed by atoms with van der Waals surface area (Å²) in [7, 11) is 0. The number of aromatic nitrogens is 2. The first kappa shape index (κ1) is 8.79. The van der Waals surface area contributed by atoms with Gasteiger partial charge in [-0.2, -0.15) is 5.10 Å². The van der Waals surface area contributed by atoms with E-state index in [0.29, 0.717) is 5.92 Å². The molecular weight excluding hydrogens is 204 g/mol. The summed E-state index contributed by atoms with van der Waals surface area (Å²) in [6.45, 7) is 0.0362. The first-order valence-electron chi connectivity index (χ1n) is 6.05. The topological polar surface area (TPSA) is 55.1 Å². The third-order valence-corrected chi connectivity index (χ3v) is 4.12. The average molecular weight is 218 g/mol. The predicted octanol–water partition coefficient (Wildman–Crippen LogP) is 1.50. The Morgan fingerprint density at radius 2 is 2.31 bits per heavy atom. The van der Waals surface area contributed by atoms with Crippen molar-refractivity contribution in [1.82, 2.24) is 9.78 Å². The van der Waals surface area contributed by atoms with Crippen molar-refractivity contribution in [3.63, 3.8) is 0 Å². The summed E-state index contributed by atoms with van der Waals surface area (Å²) >= 11 is 0. The van der Waals surface area contributed by atoms with Gasteiger partial charge in [0.2, 0.25) is 0 Å². The number of hydrogen-bond donors (Lipinski definition) is 1. The van der Waals surface area contributed by atoms with Crippen LogP contribution in [0.5, 0.6) is 0 Å². The number of aliphatic carboxylic acids is 1. The lowest BCUT2D eigenvalue weighted by atomic mass is 10.1. The molecule has 3 aliphatic carbocycles. The molecule has 84 valence electrons. The normalized spacial score (nSPS) is 30.0. The number of carbonyl (C=O) groups is 1. The molecule has 2 unspecified atom stereocenters. The van der Waals surface area contributed by atoms with Crippen molar-refractivity contribution in [2.75, 3.05) is 0 Å². The highest BCUT2D eigenvalue weighted by atomic mass is 16.4. The van der Waals surface area contributed by atoms with Gasteiger partial charge in [0.25, 0.3) is 0 Å². The van der Waals surface area contributed by atoms with Crippen molar-refractivity contribution in [3.8, 4) is 0 Å². The molecule has 0 aromatic carbocycles. The Morgan fingerprint density at radius 1 is 1.50 bits per heavy atom. The summed E-state index contributed by atoms with van der Waals surface area (Å²) < 4.78 is 1.75. The monoisotopic (exact) mass is 218 g/mol. The average Bonchev–Trinajstić information content (AvgIpc) is 3.11. The van der Waals surface area contributed by atoms with Crippen molar-refractivity contribution >= 4 is 5.97 Å². The van der Waals surface area contributed by atoms with Crippen LogP contribution in [0.2, 0.25) is 0 Å². The van der Waals surface area contributed by atoms with E-state index in [1.807, 2.05) is 0 Å². The number of fused-ring (bicyclic) bond motifs is 3. The van der Waals surface area contributed by atoms with Gasteiger partial charge in [0.15, 0.2) is 0 Å². The second kappa shape index (κ2) is 2.67. The molecule has 0 aliphatic heterocycles. The minimum atomic E-state index is -0.784. The molecule has 16 heavy (non-hydrogen) atoms. The van der Waals surface area contributed by atoms with Gasteiger partial charge in [-0.1, -0.05) is 0 Å². The zero-order chi connectivity index (χ0) is 10.9. The molecule has 1 N–H and O–H groups in total. The van der Waals surface area contributed by atoms with Crippen LogP contribution in [0.25, 0.3) is 0 Å². The smallest absolute Gasteiger partial charge is 0.325 e. The molecule has 4 nitrogen and oxygen atoms in total. The molecule has 0 amide bonds. The van der Waals surface area contributed by atoms with E-state index >= 15 is 0 Å². The Morgan fingerprint density at radius 3 is 3.00 bits per heavy atom. The van der Waals surface area contributed by atoms with Gasteiger partial charge in [0.1, 0.15) is 6.54 Å². The van der Waals surface area contributed by atoms with Gasteiger partial charge in [0.05, 0.1) is 5.69 Å². The lowest BCUT2D eigenvalue weighted by Gasteiger charge is -2.02. The maximum absolute atomic E-state index is 10.8. The van der Waals surface area contributed by atoms with E-state index in [0.717, 1.165) is 18.3 Å². The molecule has 0 bridgehead atoms. The van der Waals surface area contributed by atoms with E-state index in [1.165, 1.54) is 36.2 Å². The van der Waals surface area contributed by atoms with Gasteiger partial charge in [-0.05, 0) is 37.5 Å². The van der Waals surface area contributed by atoms with Gasteiger partial charge in [-0.15, -0.1) is 0 Å². The number of hydrogen-bond acceptors (Lipinski definition) is 2. The fraction of sp³-hybridized carbons (Fsp3) is 0.667. The Balaban J connectivity index is 1.80. The van der Waals surface area contributed by atoms with Crippen LogP contribution in [0.15, 0.2) is 0 Å². The zero-order valence-electron chi connectivity index (χ0n) is 9.02. The summed E-state index contributed by atoms with van der Waals surface area (Å²) in [6, 6.07) is 0. The Labute approximate surface area is 93.3 Å². The summed E-state index contributed by atoms with van der Waals surface area (Å²) in [5.74, 6) is 1.40. The molecule has 0 radical (unpaired) electrons. The number of nitrogens with zero attached hydrogens (tertiary/aromatic N) is 2. The maximum atomic E-state index is 10.8. The van der Waals surface area contributed by atoms with E-state index < -0.39 is 5.97 Å². The molecular formula is C12H14N2O2. The molecule has 2 fully saturated rings. The summed E-state index contributed by atoms with van der Waals surface area (Å²) in [5.41, 5.74) is 3.90. The van der Waals surface area contributed by atoms with Gasteiger partial charge in [-0.3, -0.25) is 9.48 Å². The molecule has 2 atom stereocenters. The first-order chi connectivity index (χ1) is 7.74. The highest BCUT2D eigenvalue weighted by molar-refractivity contribution is 5.66. The number of rotatable bonds is 3. The molecule has 3 aliphatic rings. The van der Waals surface area contributed by atoms with Gasteiger partial charge in [0, 0.05) is 17.2 Å². The quantitative estimate of drug-likeness (QED) is 0.836. The number of carboxylic acids is 1. The van der Waals surface area contributed by atoms with Crippen LogP contribution < -0.4 is 0 Å². The van der Waals surface area contributed by atoms with Crippen molar-refractivity contribution < 1.29 is 9.90 Å². The van der Waals surface area contributed by atoms with Crippen LogP contribution in [0, 0.1) is 5.92 Å². The van der Waals surface area contributed by atoms with E-state index in [9.17, 15) is 4.79 Å². The molecule has 1 aromatic heterocycles. The third kappa shape index (κ3) is 1.10. The fourth-order valence-electron chi connectivity index (χ4n) is 3.14. The molecule has 0 spiro atoms. The SMILES string of the molecule is O=C(O)Cn1nc(C2CC2)c2c1CC1CC21. The van der Waals surface area contributed by atoms with E-state index in [4.69, 9.17) is 5.11 Å². The van der Waals surface area contributed by atoms with Gasteiger partial charge < -0.3 is 5.11 Å². The molecule has 2 saturated carbocycles. The van der Waals surface area contributed by atoms with Crippen LogP contribution in [-0.4, -0.2) is 20.9 Å². The second-order valence-corrected chi connectivity index (χ2v) is 5.38. The summed E-state index contributed by atoms with van der Waals surface area (Å²) in [5, 5.41) is 13.4. The van der Waals surface area contributed by atoms with Crippen molar-refractivity contribution in [2.24, 2.45) is 5.92 Å². The second-order valence-electron chi connectivity index (χ2n) is 5.38. The molecule has 4 heteroatoms. The van der Waals surface area contributed by atoms with Crippen molar-refractivity contribution in [2.45, 2.75) is 44.1 Å². The largest absolute Gasteiger partial charge is 0.480 e. The molecule has 0 saturated heterocycles. The number of carboxylic acid groups (broad SMARTS) is 1. The summed E-state index contributed by atoms with van der Waals surface area (Å²) in [4.78, 5) is 10.8. The first-order valence-corrected chi connectivity index (χ1v) is 6.05. The van der Waals surface area contributed by atoms with E-state index in [-0.39, 0.29) is 6.54 Å². The maximum Gasteiger partial charge on any atom is 0.325 e. The van der Waals surface area contributed by atoms with Crippen molar-refractivity contribution in [1.29, 1.82) is 0 Å². The standard InChI is InChI=1S/C12H14N2O2/c15-10(16)5-14-9-4-7-3-8(7)11(9)12(13-14)6-1-2-6/h6-8H,1-5H2,(H,15,16). The Kier molecular flexibility index (Phi) is 1.47. The Bertz CT molecular complexity index is 487. The highest BCUT2D eigenvalue weighted by Gasteiger charge is 2.50. The molecule has 1 aromatic rings. The van der Waals surface area contributed by atoms with Crippen LogP contribution in [-0.2, 0) is 17.8 Å². The Hall–Kier alpha value is -1.32. The van der Waals surface area contributed by atoms with Gasteiger partial charge in [-0.25, -0.2) is 0 Å². The fourth-order valence-corrected chi connectivity index (χ4v) is 3.14. The lowest BCUT2D eigenvalue weighted by molar-refractivity contribution is -0.137. The van der Waals surface area contributed by atoms with Crippen LogP contribution >= 0.6 is 0 Å². The van der Waals surface area contributed by atoms with Crippen LogP contribution in [0.3, 0.4) is 0 Å². The zero-order valence-corrected chi connectivity index (χ0v) is 9.02. The van der Waals surface area contributed by atoms with Crippen LogP contribution in [0.1, 0.15) is 48.0 Å². The highest BCUT2D eigenvalue weighted by Crippen LogP contribution is 2.59. The lowest BCUT2D eigenvalue weighted by Crippen LogP contribution is -2.13. The van der Waals surface area contributed by atoms with E-state index in [1.54, 1.807) is 4.68 Å².